The maximum atomic E-state index is 8.98. The van der Waals surface area contributed by atoms with E-state index >= 15 is 0 Å². The molecule has 2 rings (SSSR count). The molecule has 0 aromatic rings. The molecule has 0 unspecified atom stereocenters. The van der Waals surface area contributed by atoms with E-state index in [1.165, 1.54) is 32.1 Å². The van der Waals surface area contributed by atoms with Gasteiger partial charge in [0.15, 0.2) is 0 Å². The van der Waals surface area contributed by atoms with Crippen LogP contribution in [0.2, 0.25) is 0 Å². The number of nitriles is 1. The van der Waals surface area contributed by atoms with Gasteiger partial charge < -0.3 is 10.1 Å². The fraction of sp³-hybridized carbons (Fsp3) is 0.917. The smallest absolute Gasteiger partial charge is 0.116 e. The van der Waals surface area contributed by atoms with Crippen LogP contribution >= 0.6 is 0 Å². The molecule has 1 N–H and O–H groups in total. The Hall–Kier alpha value is -0.590. The number of ether oxygens (including phenoxy) is 1. The molecule has 1 saturated carbocycles. The van der Waals surface area contributed by atoms with Crippen LogP contribution in [0.5, 0.6) is 0 Å². The highest BCUT2D eigenvalue weighted by Crippen LogP contribution is 2.28. The van der Waals surface area contributed by atoms with Crippen molar-refractivity contribution in [1.29, 1.82) is 5.26 Å². The summed E-state index contributed by atoms with van der Waals surface area (Å²) < 4.78 is 5.10. The maximum Gasteiger partial charge on any atom is 0.116 e. The summed E-state index contributed by atoms with van der Waals surface area (Å²) in [6.07, 6.45) is 6.94. The minimum atomic E-state index is -0.213. The van der Waals surface area contributed by atoms with Crippen LogP contribution in [0, 0.1) is 22.7 Å². The van der Waals surface area contributed by atoms with Gasteiger partial charge in [-0.2, -0.15) is 5.26 Å². The lowest BCUT2D eigenvalue weighted by Crippen LogP contribution is -2.48. The highest BCUT2D eigenvalue weighted by Gasteiger charge is 2.38. The molecule has 2 fully saturated rings. The molecule has 1 saturated heterocycles. The van der Waals surface area contributed by atoms with Gasteiger partial charge in [-0.15, -0.1) is 0 Å². The zero-order valence-electron chi connectivity index (χ0n) is 9.30. The van der Waals surface area contributed by atoms with Crippen molar-refractivity contribution in [2.45, 2.75) is 32.1 Å². The van der Waals surface area contributed by atoms with Crippen molar-refractivity contribution in [1.82, 2.24) is 5.32 Å². The summed E-state index contributed by atoms with van der Waals surface area (Å²) in [5, 5.41) is 12.4. The van der Waals surface area contributed by atoms with Crippen molar-refractivity contribution in [3.05, 3.63) is 0 Å². The molecule has 0 atom stereocenters. The zero-order valence-corrected chi connectivity index (χ0v) is 9.30. The Balaban J connectivity index is 1.56. The van der Waals surface area contributed by atoms with Crippen LogP contribution in [0.3, 0.4) is 0 Å². The van der Waals surface area contributed by atoms with Crippen molar-refractivity contribution in [3.63, 3.8) is 0 Å². The molecule has 2 aliphatic rings. The first-order valence-corrected chi connectivity index (χ1v) is 6.04. The monoisotopic (exact) mass is 208 g/mol. The van der Waals surface area contributed by atoms with E-state index in [0.717, 1.165) is 19.0 Å². The van der Waals surface area contributed by atoms with Crippen molar-refractivity contribution < 1.29 is 4.74 Å². The molecule has 3 heteroatoms. The Morgan fingerprint density at radius 2 is 2.07 bits per heavy atom. The minimum Gasteiger partial charge on any atom is -0.378 e. The summed E-state index contributed by atoms with van der Waals surface area (Å²) in [5.41, 5.74) is -0.213. The first kappa shape index (κ1) is 10.9. The van der Waals surface area contributed by atoms with Crippen molar-refractivity contribution >= 4 is 0 Å². The standard InChI is InChI=1S/C12H20N2O/c13-7-12(9-15-10-12)8-14-6-5-11-3-1-2-4-11/h11,14H,1-6,8-10H2. The quantitative estimate of drug-likeness (QED) is 0.699. The zero-order chi connectivity index (χ0) is 10.6. The van der Waals surface area contributed by atoms with Gasteiger partial charge in [0.25, 0.3) is 0 Å². The van der Waals surface area contributed by atoms with Crippen LogP contribution in [0.1, 0.15) is 32.1 Å². The van der Waals surface area contributed by atoms with E-state index in [9.17, 15) is 0 Å². The second-order valence-electron chi connectivity index (χ2n) is 5.00. The minimum absolute atomic E-state index is 0.213. The van der Waals surface area contributed by atoms with Crippen LogP contribution in [0.15, 0.2) is 0 Å². The third-order valence-electron chi connectivity index (χ3n) is 3.66. The fourth-order valence-corrected chi connectivity index (χ4v) is 2.49. The maximum absolute atomic E-state index is 8.98. The second kappa shape index (κ2) is 4.96. The summed E-state index contributed by atoms with van der Waals surface area (Å²) in [6.45, 7) is 3.09. The van der Waals surface area contributed by atoms with E-state index in [1.807, 2.05) is 0 Å². The SMILES string of the molecule is N#CC1(CNCCC2CCCC2)COC1. The van der Waals surface area contributed by atoms with Gasteiger partial charge in [-0.25, -0.2) is 0 Å². The van der Waals surface area contributed by atoms with E-state index in [0.29, 0.717) is 13.2 Å². The lowest BCUT2D eigenvalue weighted by atomic mass is 9.88. The molecule has 1 aliphatic heterocycles. The molecule has 0 bridgehead atoms. The molecule has 0 aromatic carbocycles. The van der Waals surface area contributed by atoms with Crippen molar-refractivity contribution in [3.8, 4) is 6.07 Å². The predicted octanol–water partition coefficient (Wildman–Crippen LogP) is 1.70. The van der Waals surface area contributed by atoms with Gasteiger partial charge in [-0.3, -0.25) is 0 Å². The van der Waals surface area contributed by atoms with Crippen molar-refractivity contribution in [2.75, 3.05) is 26.3 Å². The van der Waals surface area contributed by atoms with Crippen molar-refractivity contribution in [2.24, 2.45) is 11.3 Å². The van der Waals surface area contributed by atoms with Gasteiger partial charge >= 0.3 is 0 Å². The lowest BCUT2D eigenvalue weighted by molar-refractivity contribution is -0.0754. The fourth-order valence-electron chi connectivity index (χ4n) is 2.49. The molecule has 0 amide bonds. The molecule has 84 valence electrons. The number of hydrogen-bond donors (Lipinski definition) is 1. The summed E-state index contributed by atoms with van der Waals surface area (Å²) in [4.78, 5) is 0. The summed E-state index contributed by atoms with van der Waals surface area (Å²) in [5.74, 6) is 0.938. The molecule has 1 heterocycles. The molecule has 1 aliphatic carbocycles. The molecular weight excluding hydrogens is 188 g/mol. The van der Waals surface area contributed by atoms with Crippen LogP contribution in [0.4, 0.5) is 0 Å². The van der Waals surface area contributed by atoms with Gasteiger partial charge in [-0.1, -0.05) is 25.7 Å². The van der Waals surface area contributed by atoms with E-state index < -0.39 is 0 Å². The highest BCUT2D eigenvalue weighted by atomic mass is 16.5. The van der Waals surface area contributed by atoms with Crippen LogP contribution in [-0.4, -0.2) is 26.3 Å². The third-order valence-corrected chi connectivity index (χ3v) is 3.66. The first-order chi connectivity index (χ1) is 7.35. The number of hydrogen-bond acceptors (Lipinski definition) is 3. The van der Waals surface area contributed by atoms with Gasteiger partial charge in [0.1, 0.15) is 5.41 Å². The Bertz CT molecular complexity index is 236. The summed E-state index contributed by atoms with van der Waals surface area (Å²) in [7, 11) is 0. The molecule has 0 aromatic heterocycles. The van der Waals surface area contributed by atoms with E-state index in [4.69, 9.17) is 10.00 Å². The van der Waals surface area contributed by atoms with Crippen LogP contribution < -0.4 is 5.32 Å². The largest absolute Gasteiger partial charge is 0.378 e. The second-order valence-corrected chi connectivity index (χ2v) is 5.00. The Morgan fingerprint density at radius 3 is 2.60 bits per heavy atom. The third kappa shape index (κ3) is 2.70. The number of nitrogens with one attached hydrogen (secondary N) is 1. The first-order valence-electron chi connectivity index (χ1n) is 6.04. The molecular formula is C12H20N2O. The number of nitrogens with zero attached hydrogens (tertiary/aromatic N) is 1. The van der Waals surface area contributed by atoms with Gasteiger partial charge in [0, 0.05) is 6.54 Å². The summed E-state index contributed by atoms with van der Waals surface area (Å²) in [6, 6.07) is 2.36. The Morgan fingerprint density at radius 1 is 1.33 bits per heavy atom. The molecule has 0 radical (unpaired) electrons. The van der Waals surface area contributed by atoms with Crippen LogP contribution in [0.25, 0.3) is 0 Å². The summed E-state index contributed by atoms with van der Waals surface area (Å²) >= 11 is 0. The van der Waals surface area contributed by atoms with E-state index in [-0.39, 0.29) is 5.41 Å². The topological polar surface area (TPSA) is 45.0 Å². The predicted molar refractivity (Wildman–Crippen MR) is 58.3 cm³/mol. The number of rotatable bonds is 5. The molecule has 0 spiro atoms. The molecule has 3 nitrogen and oxygen atoms in total. The van der Waals surface area contributed by atoms with Gasteiger partial charge in [0.2, 0.25) is 0 Å². The van der Waals surface area contributed by atoms with Gasteiger partial charge in [-0.05, 0) is 18.9 Å². The average Bonchev–Trinajstić information content (AvgIpc) is 2.68. The average molecular weight is 208 g/mol. The Kier molecular flexibility index (Phi) is 3.61. The van der Waals surface area contributed by atoms with E-state index in [2.05, 4.69) is 11.4 Å². The van der Waals surface area contributed by atoms with Gasteiger partial charge in [0.05, 0.1) is 19.3 Å². The van der Waals surface area contributed by atoms with E-state index in [1.54, 1.807) is 0 Å². The lowest BCUT2D eigenvalue weighted by Gasteiger charge is -2.35. The molecule has 15 heavy (non-hydrogen) atoms. The Labute approximate surface area is 91.8 Å². The normalized spacial score (nSPS) is 24.7. The van der Waals surface area contributed by atoms with Crippen LogP contribution in [-0.2, 0) is 4.74 Å². The highest BCUT2D eigenvalue weighted by molar-refractivity contribution is 5.05.